The van der Waals surface area contributed by atoms with Crippen LogP contribution in [-0.2, 0) is 0 Å². The van der Waals surface area contributed by atoms with Gasteiger partial charge in [0.25, 0.3) is 0 Å². The number of hydrogen-bond acceptors (Lipinski definition) is 2. The number of aromatic nitrogens is 1. The summed E-state index contributed by atoms with van der Waals surface area (Å²) < 4.78 is 8.90. The normalized spacial score (nSPS) is 11.8. The van der Waals surface area contributed by atoms with E-state index in [1.807, 2.05) is 12.1 Å². The molecule has 0 radical (unpaired) electrons. The molecule has 0 fully saturated rings. The van der Waals surface area contributed by atoms with E-state index in [1.165, 1.54) is 48.9 Å². The first-order valence-electron chi connectivity index (χ1n) is 18.1. The first-order chi connectivity index (χ1) is 26.3. The third-order valence-corrected chi connectivity index (χ3v) is 10.7. The van der Waals surface area contributed by atoms with Crippen molar-refractivity contribution in [1.29, 1.82) is 0 Å². The first-order valence-corrected chi connectivity index (χ1v) is 18.1. The zero-order valence-corrected chi connectivity index (χ0v) is 28.8. The van der Waals surface area contributed by atoms with Crippen molar-refractivity contribution < 1.29 is 4.42 Å². The van der Waals surface area contributed by atoms with Crippen molar-refractivity contribution in [3.63, 3.8) is 0 Å². The van der Waals surface area contributed by atoms with Gasteiger partial charge in [-0.3, -0.25) is 0 Å². The van der Waals surface area contributed by atoms with E-state index in [9.17, 15) is 0 Å². The van der Waals surface area contributed by atoms with Gasteiger partial charge in [-0.2, -0.15) is 0 Å². The maximum Gasteiger partial charge on any atom is 0.137 e. The Morgan fingerprint density at radius 2 is 1.02 bits per heavy atom. The van der Waals surface area contributed by atoms with Crippen molar-refractivity contribution in [2.45, 2.75) is 0 Å². The van der Waals surface area contributed by atoms with Gasteiger partial charge in [-0.25, -0.2) is 0 Å². The lowest BCUT2D eigenvalue weighted by Crippen LogP contribution is -2.09. The van der Waals surface area contributed by atoms with Gasteiger partial charge in [-0.1, -0.05) is 127 Å². The minimum absolute atomic E-state index is 0.883. The SMILES string of the molecule is c1ccc(N(c2ccccc2)c2ccc(-c3cccc4c5c6c(ccc7ccccc76)ccc5n(-c5ccc6c(c5)oc5ccccc56)c34)cc2)cc1. The third-order valence-electron chi connectivity index (χ3n) is 10.7. The summed E-state index contributed by atoms with van der Waals surface area (Å²) in [6, 6.07) is 69.7. The van der Waals surface area contributed by atoms with Gasteiger partial charge < -0.3 is 13.9 Å². The second-order valence-electron chi connectivity index (χ2n) is 13.7. The van der Waals surface area contributed by atoms with Gasteiger partial charge in [-0.15, -0.1) is 0 Å². The summed E-state index contributed by atoms with van der Waals surface area (Å²) >= 11 is 0. The molecule has 0 bridgehead atoms. The topological polar surface area (TPSA) is 21.3 Å². The molecule has 53 heavy (non-hydrogen) atoms. The molecule has 0 amide bonds. The Hall–Kier alpha value is -7.10. The van der Waals surface area contributed by atoms with Gasteiger partial charge in [0.1, 0.15) is 11.2 Å². The maximum atomic E-state index is 6.45. The van der Waals surface area contributed by atoms with Crippen LogP contribution in [0.3, 0.4) is 0 Å². The first kappa shape index (κ1) is 29.6. The van der Waals surface area contributed by atoms with Crippen LogP contribution in [0, 0.1) is 0 Å². The van der Waals surface area contributed by atoms with E-state index in [1.54, 1.807) is 0 Å². The van der Waals surface area contributed by atoms with Gasteiger partial charge in [-0.05, 0) is 87.8 Å². The Labute approximate surface area is 306 Å². The molecule has 0 atom stereocenters. The van der Waals surface area contributed by atoms with E-state index in [0.29, 0.717) is 0 Å². The fourth-order valence-electron chi connectivity index (χ4n) is 8.40. The average molecular weight is 677 g/mol. The number of fused-ring (bicyclic) bond motifs is 10. The number of rotatable bonds is 5. The minimum atomic E-state index is 0.883. The molecule has 0 aliphatic carbocycles. The van der Waals surface area contributed by atoms with Crippen LogP contribution < -0.4 is 4.90 Å². The summed E-state index contributed by atoms with van der Waals surface area (Å²) in [5.41, 5.74) is 10.9. The highest BCUT2D eigenvalue weighted by atomic mass is 16.3. The quantitative estimate of drug-likeness (QED) is 0.169. The summed E-state index contributed by atoms with van der Waals surface area (Å²) in [6.45, 7) is 0. The van der Waals surface area contributed by atoms with Gasteiger partial charge in [0, 0.05) is 55.9 Å². The molecule has 0 aliphatic heterocycles. The molecule has 248 valence electrons. The van der Waals surface area contributed by atoms with E-state index < -0.39 is 0 Å². The monoisotopic (exact) mass is 676 g/mol. The summed E-state index contributed by atoms with van der Waals surface area (Å²) in [6.07, 6.45) is 0. The lowest BCUT2D eigenvalue weighted by atomic mass is 9.96. The zero-order valence-electron chi connectivity index (χ0n) is 28.8. The second kappa shape index (κ2) is 11.7. The summed E-state index contributed by atoms with van der Waals surface area (Å²) in [5.74, 6) is 0. The molecule has 3 heteroatoms. The highest BCUT2D eigenvalue weighted by molar-refractivity contribution is 6.29. The molecule has 0 saturated carbocycles. The van der Waals surface area contributed by atoms with Crippen molar-refractivity contribution in [1.82, 2.24) is 4.57 Å². The molecule has 0 aliphatic rings. The fraction of sp³-hybridized carbons (Fsp3) is 0. The van der Waals surface area contributed by atoms with Crippen molar-refractivity contribution >= 4 is 82.4 Å². The molecule has 2 aromatic heterocycles. The van der Waals surface area contributed by atoms with Crippen LogP contribution in [0.25, 0.3) is 82.1 Å². The maximum absolute atomic E-state index is 6.45. The molecule has 0 saturated heterocycles. The summed E-state index contributed by atoms with van der Waals surface area (Å²) in [7, 11) is 0. The smallest absolute Gasteiger partial charge is 0.137 e. The van der Waals surface area contributed by atoms with Crippen LogP contribution >= 0.6 is 0 Å². The Morgan fingerprint density at radius 1 is 0.396 bits per heavy atom. The standard InChI is InChI=1S/C50H32N2O/c1-3-13-36(14-4-1)51(37-15-5-2-6-16-37)38-27-24-34(25-28-38)41-19-11-20-44-49-45(31-26-35-23-22-33-12-7-8-17-40(33)48(35)49)52(50(41)44)39-29-30-43-42-18-9-10-21-46(42)53-47(43)32-39/h1-32H. The van der Waals surface area contributed by atoms with E-state index in [0.717, 1.165) is 50.3 Å². The fourth-order valence-corrected chi connectivity index (χ4v) is 8.40. The van der Waals surface area contributed by atoms with Crippen molar-refractivity contribution in [3.8, 4) is 16.8 Å². The highest BCUT2D eigenvalue weighted by Crippen LogP contribution is 2.44. The molecule has 11 aromatic rings. The number of furan rings is 1. The van der Waals surface area contributed by atoms with Crippen molar-refractivity contribution in [2.75, 3.05) is 4.90 Å². The number of anilines is 3. The number of nitrogens with zero attached hydrogens (tertiary/aromatic N) is 2. The molecule has 0 spiro atoms. The number of hydrogen-bond donors (Lipinski definition) is 0. The van der Waals surface area contributed by atoms with E-state index >= 15 is 0 Å². The van der Waals surface area contributed by atoms with Crippen LogP contribution in [0.15, 0.2) is 199 Å². The molecule has 9 aromatic carbocycles. The summed E-state index contributed by atoms with van der Waals surface area (Å²) in [5, 5.41) is 9.76. The number of para-hydroxylation sites is 4. The molecular formula is C50H32N2O. The zero-order chi connectivity index (χ0) is 34.9. The van der Waals surface area contributed by atoms with Gasteiger partial charge in [0.2, 0.25) is 0 Å². The lowest BCUT2D eigenvalue weighted by molar-refractivity contribution is 0.668. The Kier molecular flexibility index (Phi) is 6.55. The summed E-state index contributed by atoms with van der Waals surface area (Å²) in [4.78, 5) is 2.31. The van der Waals surface area contributed by atoms with Crippen LogP contribution in [0.4, 0.5) is 17.1 Å². The van der Waals surface area contributed by atoms with Crippen LogP contribution in [0.1, 0.15) is 0 Å². The highest BCUT2D eigenvalue weighted by Gasteiger charge is 2.21. The van der Waals surface area contributed by atoms with Gasteiger partial charge >= 0.3 is 0 Å². The third kappa shape index (κ3) is 4.61. The predicted octanol–water partition coefficient (Wildman–Crippen LogP) is 14.1. The van der Waals surface area contributed by atoms with E-state index in [2.05, 4.69) is 191 Å². The molecule has 11 rings (SSSR count). The van der Waals surface area contributed by atoms with E-state index in [-0.39, 0.29) is 0 Å². The lowest BCUT2D eigenvalue weighted by Gasteiger charge is -2.25. The Bertz CT molecular complexity index is 3120. The number of benzene rings is 9. The van der Waals surface area contributed by atoms with E-state index in [4.69, 9.17) is 4.42 Å². The molecule has 2 heterocycles. The molecule has 0 N–H and O–H groups in total. The van der Waals surface area contributed by atoms with Gasteiger partial charge in [0.05, 0.1) is 11.0 Å². The van der Waals surface area contributed by atoms with Crippen molar-refractivity contribution in [3.05, 3.63) is 194 Å². The Morgan fingerprint density at radius 3 is 1.81 bits per heavy atom. The predicted molar refractivity (Wildman–Crippen MR) is 223 cm³/mol. The molecule has 0 unspecified atom stereocenters. The van der Waals surface area contributed by atoms with Gasteiger partial charge in [0.15, 0.2) is 0 Å². The van der Waals surface area contributed by atoms with Crippen LogP contribution in [0.2, 0.25) is 0 Å². The van der Waals surface area contributed by atoms with Crippen LogP contribution in [-0.4, -0.2) is 4.57 Å². The molecular weight excluding hydrogens is 645 g/mol. The minimum Gasteiger partial charge on any atom is -0.456 e. The average Bonchev–Trinajstić information content (AvgIpc) is 3.77. The second-order valence-corrected chi connectivity index (χ2v) is 13.7. The van der Waals surface area contributed by atoms with Crippen LogP contribution in [0.5, 0.6) is 0 Å². The molecule has 3 nitrogen and oxygen atoms in total. The van der Waals surface area contributed by atoms with Crippen molar-refractivity contribution in [2.24, 2.45) is 0 Å². The largest absolute Gasteiger partial charge is 0.456 e. The Balaban J connectivity index is 1.18.